The van der Waals surface area contributed by atoms with Crippen LogP contribution < -0.4 is 19.5 Å². The second-order valence-electron chi connectivity index (χ2n) is 5.73. The molecule has 2 aromatic carbocycles. The van der Waals surface area contributed by atoms with Crippen LogP contribution >= 0.6 is 0 Å². The third-order valence-corrected chi connectivity index (χ3v) is 3.61. The van der Waals surface area contributed by atoms with Gasteiger partial charge in [0, 0.05) is 5.56 Å². The number of ketones is 1. The van der Waals surface area contributed by atoms with Crippen molar-refractivity contribution in [1.82, 2.24) is 5.32 Å². The first-order valence-electron chi connectivity index (χ1n) is 8.27. The lowest BCUT2D eigenvalue weighted by molar-refractivity contribution is -0.123. The zero-order valence-corrected chi connectivity index (χ0v) is 15.2. The standard InChI is InChI=1S/C20H23NO5/c1-14-5-4-6-17(11-14)25-10-9-21-20(23)13-26-18-8-7-16(15(2)22)12-19(18)24-3/h4-8,11-12H,9-10,13H2,1-3H3,(H,21,23). The molecule has 0 aromatic heterocycles. The number of carbonyl (C=O) groups excluding carboxylic acids is 2. The summed E-state index contributed by atoms with van der Waals surface area (Å²) in [6.07, 6.45) is 0. The molecule has 2 aromatic rings. The van der Waals surface area contributed by atoms with E-state index >= 15 is 0 Å². The molecular formula is C20H23NO5. The molecule has 0 saturated heterocycles. The largest absolute Gasteiger partial charge is 0.493 e. The highest BCUT2D eigenvalue weighted by molar-refractivity contribution is 5.94. The van der Waals surface area contributed by atoms with E-state index in [1.165, 1.54) is 14.0 Å². The number of methoxy groups -OCH3 is 1. The second-order valence-corrected chi connectivity index (χ2v) is 5.73. The van der Waals surface area contributed by atoms with E-state index < -0.39 is 0 Å². The molecule has 1 amide bonds. The number of rotatable bonds is 9. The van der Waals surface area contributed by atoms with Gasteiger partial charge < -0.3 is 19.5 Å². The number of hydrogen-bond donors (Lipinski definition) is 1. The molecular weight excluding hydrogens is 334 g/mol. The quantitative estimate of drug-likeness (QED) is 0.552. The third kappa shape index (κ3) is 5.81. The Kier molecular flexibility index (Phi) is 7.02. The fourth-order valence-electron chi connectivity index (χ4n) is 2.26. The van der Waals surface area contributed by atoms with Gasteiger partial charge in [-0.3, -0.25) is 9.59 Å². The van der Waals surface area contributed by atoms with Crippen LogP contribution in [0.1, 0.15) is 22.8 Å². The van der Waals surface area contributed by atoms with E-state index in [1.54, 1.807) is 18.2 Å². The number of hydrogen-bond acceptors (Lipinski definition) is 5. The number of aryl methyl sites for hydroxylation is 1. The van der Waals surface area contributed by atoms with Crippen molar-refractivity contribution in [2.75, 3.05) is 26.9 Å². The molecule has 6 nitrogen and oxygen atoms in total. The van der Waals surface area contributed by atoms with Crippen LogP contribution in [0.4, 0.5) is 0 Å². The van der Waals surface area contributed by atoms with Crippen molar-refractivity contribution in [2.45, 2.75) is 13.8 Å². The van der Waals surface area contributed by atoms with Gasteiger partial charge >= 0.3 is 0 Å². The summed E-state index contributed by atoms with van der Waals surface area (Å²) >= 11 is 0. The van der Waals surface area contributed by atoms with Crippen molar-refractivity contribution in [3.8, 4) is 17.2 Å². The first kappa shape index (κ1) is 19.3. The monoisotopic (exact) mass is 357 g/mol. The van der Waals surface area contributed by atoms with Gasteiger partial charge in [-0.1, -0.05) is 12.1 Å². The van der Waals surface area contributed by atoms with Crippen molar-refractivity contribution in [2.24, 2.45) is 0 Å². The SMILES string of the molecule is COc1cc(C(C)=O)ccc1OCC(=O)NCCOc1cccc(C)c1. The minimum Gasteiger partial charge on any atom is -0.493 e. The van der Waals surface area contributed by atoms with E-state index in [9.17, 15) is 9.59 Å². The van der Waals surface area contributed by atoms with Gasteiger partial charge in [0.2, 0.25) is 0 Å². The van der Waals surface area contributed by atoms with E-state index in [4.69, 9.17) is 14.2 Å². The first-order chi connectivity index (χ1) is 12.5. The molecule has 0 aliphatic rings. The molecule has 0 bridgehead atoms. The highest BCUT2D eigenvalue weighted by atomic mass is 16.5. The molecule has 0 heterocycles. The normalized spacial score (nSPS) is 10.1. The predicted octanol–water partition coefficient (Wildman–Crippen LogP) is 2.78. The molecule has 0 unspecified atom stereocenters. The summed E-state index contributed by atoms with van der Waals surface area (Å²) in [5.74, 6) is 1.25. The summed E-state index contributed by atoms with van der Waals surface area (Å²) in [6, 6.07) is 12.5. The minimum absolute atomic E-state index is 0.0683. The van der Waals surface area contributed by atoms with Gasteiger partial charge in [-0.05, 0) is 49.7 Å². The Bertz CT molecular complexity index is 773. The lowest BCUT2D eigenvalue weighted by Crippen LogP contribution is -2.32. The van der Waals surface area contributed by atoms with E-state index in [-0.39, 0.29) is 18.3 Å². The maximum Gasteiger partial charge on any atom is 0.258 e. The van der Waals surface area contributed by atoms with Crippen molar-refractivity contribution in [3.63, 3.8) is 0 Å². The molecule has 6 heteroatoms. The molecule has 2 rings (SSSR count). The first-order valence-corrected chi connectivity index (χ1v) is 8.27. The van der Waals surface area contributed by atoms with Gasteiger partial charge in [0.05, 0.1) is 13.7 Å². The Labute approximate surface area is 153 Å². The molecule has 0 radical (unpaired) electrons. The summed E-state index contributed by atoms with van der Waals surface area (Å²) in [5, 5.41) is 2.72. The predicted molar refractivity (Wildman–Crippen MR) is 98.2 cm³/mol. The molecule has 138 valence electrons. The maximum absolute atomic E-state index is 11.9. The van der Waals surface area contributed by atoms with Gasteiger partial charge in [-0.25, -0.2) is 0 Å². The molecule has 0 aliphatic carbocycles. The van der Waals surface area contributed by atoms with E-state index in [0.717, 1.165) is 11.3 Å². The molecule has 0 fully saturated rings. The second kappa shape index (κ2) is 9.46. The number of ether oxygens (including phenoxy) is 3. The fraction of sp³-hybridized carbons (Fsp3) is 0.300. The Balaban J connectivity index is 1.75. The van der Waals surface area contributed by atoms with E-state index in [0.29, 0.717) is 30.2 Å². The van der Waals surface area contributed by atoms with Crippen LogP contribution in [-0.2, 0) is 4.79 Å². The van der Waals surface area contributed by atoms with Crippen LogP contribution in [0.15, 0.2) is 42.5 Å². The molecule has 0 atom stereocenters. The highest BCUT2D eigenvalue weighted by Gasteiger charge is 2.10. The lowest BCUT2D eigenvalue weighted by atomic mass is 10.1. The number of Topliss-reactive ketones (excluding diaryl/α,β-unsaturated/α-hetero) is 1. The van der Waals surface area contributed by atoms with Crippen molar-refractivity contribution < 1.29 is 23.8 Å². The minimum atomic E-state index is -0.268. The van der Waals surface area contributed by atoms with Crippen molar-refractivity contribution in [1.29, 1.82) is 0 Å². The highest BCUT2D eigenvalue weighted by Crippen LogP contribution is 2.28. The Hall–Kier alpha value is -3.02. The lowest BCUT2D eigenvalue weighted by Gasteiger charge is -2.12. The van der Waals surface area contributed by atoms with Gasteiger partial charge in [-0.15, -0.1) is 0 Å². The Morgan fingerprint density at radius 1 is 1.04 bits per heavy atom. The van der Waals surface area contributed by atoms with Crippen LogP contribution in [0.2, 0.25) is 0 Å². The van der Waals surface area contributed by atoms with Gasteiger partial charge in [0.1, 0.15) is 12.4 Å². The van der Waals surface area contributed by atoms with Crippen LogP contribution in [0.3, 0.4) is 0 Å². The smallest absolute Gasteiger partial charge is 0.258 e. The average Bonchev–Trinajstić information content (AvgIpc) is 2.63. The van der Waals surface area contributed by atoms with Gasteiger partial charge in [0.25, 0.3) is 5.91 Å². The molecule has 26 heavy (non-hydrogen) atoms. The van der Waals surface area contributed by atoms with Crippen molar-refractivity contribution in [3.05, 3.63) is 53.6 Å². The molecule has 0 spiro atoms. The van der Waals surface area contributed by atoms with Crippen molar-refractivity contribution >= 4 is 11.7 Å². The summed E-state index contributed by atoms with van der Waals surface area (Å²) < 4.78 is 16.2. The fourth-order valence-corrected chi connectivity index (χ4v) is 2.26. The van der Waals surface area contributed by atoms with E-state index in [2.05, 4.69) is 5.32 Å². The molecule has 0 saturated carbocycles. The summed E-state index contributed by atoms with van der Waals surface area (Å²) in [7, 11) is 1.48. The number of nitrogens with one attached hydrogen (secondary N) is 1. The summed E-state index contributed by atoms with van der Waals surface area (Å²) in [6.45, 7) is 4.05. The summed E-state index contributed by atoms with van der Waals surface area (Å²) in [5.41, 5.74) is 1.64. The third-order valence-electron chi connectivity index (χ3n) is 3.61. The molecule has 1 N–H and O–H groups in total. The average molecular weight is 357 g/mol. The number of benzene rings is 2. The van der Waals surface area contributed by atoms with Crippen LogP contribution in [-0.4, -0.2) is 38.6 Å². The van der Waals surface area contributed by atoms with Crippen LogP contribution in [0.25, 0.3) is 0 Å². The Morgan fingerprint density at radius 3 is 2.54 bits per heavy atom. The van der Waals surface area contributed by atoms with Gasteiger partial charge in [0.15, 0.2) is 23.9 Å². The maximum atomic E-state index is 11.9. The van der Waals surface area contributed by atoms with E-state index in [1.807, 2.05) is 31.2 Å². The number of amides is 1. The zero-order chi connectivity index (χ0) is 18.9. The zero-order valence-electron chi connectivity index (χ0n) is 15.2. The molecule has 0 aliphatic heterocycles. The number of carbonyl (C=O) groups is 2. The Morgan fingerprint density at radius 2 is 1.85 bits per heavy atom. The van der Waals surface area contributed by atoms with Crippen LogP contribution in [0.5, 0.6) is 17.2 Å². The summed E-state index contributed by atoms with van der Waals surface area (Å²) in [4.78, 5) is 23.3. The van der Waals surface area contributed by atoms with Gasteiger partial charge in [-0.2, -0.15) is 0 Å². The van der Waals surface area contributed by atoms with Crippen LogP contribution in [0, 0.1) is 6.92 Å². The topological polar surface area (TPSA) is 73.9 Å².